The SMILES string of the molecule is CCn1cnc2c(-c3ccc(OC)cc3)nc(NCCCOC)nc21. The lowest BCUT2D eigenvalue weighted by Crippen LogP contribution is -2.09. The molecule has 3 aromatic rings. The first-order chi connectivity index (χ1) is 12.3. The van der Waals surface area contributed by atoms with Crippen LogP contribution >= 0.6 is 0 Å². The normalized spacial score (nSPS) is 11.0. The molecule has 0 bridgehead atoms. The number of aromatic nitrogens is 4. The lowest BCUT2D eigenvalue weighted by molar-refractivity contribution is 0.197. The Kier molecular flexibility index (Phi) is 5.45. The van der Waals surface area contributed by atoms with Gasteiger partial charge in [0.1, 0.15) is 17.0 Å². The second kappa shape index (κ2) is 7.94. The van der Waals surface area contributed by atoms with Crippen molar-refractivity contribution in [2.45, 2.75) is 19.9 Å². The van der Waals surface area contributed by atoms with Gasteiger partial charge in [-0.05, 0) is 37.6 Å². The molecule has 0 aliphatic heterocycles. The highest BCUT2D eigenvalue weighted by Crippen LogP contribution is 2.27. The topological polar surface area (TPSA) is 74.1 Å². The fourth-order valence-corrected chi connectivity index (χ4v) is 2.62. The van der Waals surface area contributed by atoms with Gasteiger partial charge < -0.3 is 19.4 Å². The molecule has 0 saturated heterocycles. The van der Waals surface area contributed by atoms with Crippen LogP contribution in [0.2, 0.25) is 0 Å². The van der Waals surface area contributed by atoms with Gasteiger partial charge in [-0.15, -0.1) is 0 Å². The molecule has 7 heteroatoms. The number of imidazole rings is 1. The van der Waals surface area contributed by atoms with Crippen molar-refractivity contribution in [1.82, 2.24) is 19.5 Å². The minimum Gasteiger partial charge on any atom is -0.497 e. The Morgan fingerprint density at radius 2 is 1.92 bits per heavy atom. The van der Waals surface area contributed by atoms with Gasteiger partial charge in [0.2, 0.25) is 5.95 Å². The van der Waals surface area contributed by atoms with E-state index in [0.717, 1.165) is 47.7 Å². The molecule has 1 N–H and O–H groups in total. The van der Waals surface area contributed by atoms with Crippen molar-refractivity contribution >= 4 is 17.1 Å². The zero-order valence-corrected chi connectivity index (χ0v) is 14.8. The molecule has 25 heavy (non-hydrogen) atoms. The predicted molar refractivity (Wildman–Crippen MR) is 98.0 cm³/mol. The Labute approximate surface area is 147 Å². The fraction of sp³-hybridized carbons (Fsp3) is 0.389. The van der Waals surface area contributed by atoms with Gasteiger partial charge >= 0.3 is 0 Å². The minimum atomic E-state index is 0.602. The summed E-state index contributed by atoms with van der Waals surface area (Å²) in [6.45, 7) is 4.33. The third kappa shape index (κ3) is 3.71. The van der Waals surface area contributed by atoms with E-state index in [0.29, 0.717) is 12.6 Å². The first-order valence-electron chi connectivity index (χ1n) is 8.37. The molecule has 1 aromatic carbocycles. The molecular formula is C18H23N5O2. The van der Waals surface area contributed by atoms with Crippen molar-refractivity contribution in [2.24, 2.45) is 0 Å². The summed E-state index contributed by atoms with van der Waals surface area (Å²) in [5.74, 6) is 1.41. The first-order valence-corrected chi connectivity index (χ1v) is 8.37. The van der Waals surface area contributed by atoms with Gasteiger partial charge in [0.25, 0.3) is 0 Å². The van der Waals surface area contributed by atoms with Crippen LogP contribution in [0.4, 0.5) is 5.95 Å². The van der Waals surface area contributed by atoms with E-state index < -0.39 is 0 Å². The van der Waals surface area contributed by atoms with Crippen LogP contribution in [0, 0.1) is 0 Å². The number of ether oxygens (including phenoxy) is 2. The van der Waals surface area contributed by atoms with E-state index in [9.17, 15) is 0 Å². The van der Waals surface area contributed by atoms with E-state index in [1.165, 1.54) is 0 Å². The van der Waals surface area contributed by atoms with Crippen molar-refractivity contribution in [3.8, 4) is 17.0 Å². The molecule has 7 nitrogen and oxygen atoms in total. The quantitative estimate of drug-likeness (QED) is 0.635. The van der Waals surface area contributed by atoms with Crippen LogP contribution in [0.1, 0.15) is 13.3 Å². The molecule has 0 atom stereocenters. The Bertz CT molecular complexity index is 829. The monoisotopic (exact) mass is 341 g/mol. The molecule has 0 spiro atoms. The van der Waals surface area contributed by atoms with Crippen LogP contribution < -0.4 is 10.1 Å². The van der Waals surface area contributed by atoms with Gasteiger partial charge in [-0.3, -0.25) is 0 Å². The number of anilines is 1. The Morgan fingerprint density at radius 1 is 1.12 bits per heavy atom. The average Bonchev–Trinajstić information content (AvgIpc) is 3.08. The van der Waals surface area contributed by atoms with Crippen LogP contribution in [0.25, 0.3) is 22.4 Å². The molecule has 0 fully saturated rings. The minimum absolute atomic E-state index is 0.602. The van der Waals surface area contributed by atoms with Crippen LogP contribution in [0.3, 0.4) is 0 Å². The van der Waals surface area contributed by atoms with Gasteiger partial charge in [0, 0.05) is 32.4 Å². The van der Waals surface area contributed by atoms with Crippen LogP contribution in [0.5, 0.6) is 5.75 Å². The highest BCUT2D eigenvalue weighted by Gasteiger charge is 2.14. The molecular weight excluding hydrogens is 318 g/mol. The summed E-state index contributed by atoms with van der Waals surface area (Å²) in [5.41, 5.74) is 3.43. The second-order valence-corrected chi connectivity index (χ2v) is 5.60. The number of hydrogen-bond donors (Lipinski definition) is 1. The van der Waals surface area contributed by atoms with Crippen molar-refractivity contribution in [1.29, 1.82) is 0 Å². The maximum Gasteiger partial charge on any atom is 0.225 e. The summed E-state index contributed by atoms with van der Waals surface area (Å²) in [5, 5.41) is 3.28. The number of fused-ring (bicyclic) bond motifs is 1. The average molecular weight is 341 g/mol. The number of aryl methyl sites for hydroxylation is 1. The summed E-state index contributed by atoms with van der Waals surface area (Å²) in [7, 11) is 3.35. The van der Waals surface area contributed by atoms with E-state index in [4.69, 9.17) is 14.5 Å². The van der Waals surface area contributed by atoms with E-state index in [2.05, 4.69) is 22.2 Å². The Balaban J connectivity index is 2.00. The van der Waals surface area contributed by atoms with E-state index in [1.54, 1.807) is 20.5 Å². The molecule has 0 aliphatic rings. The standard InChI is InChI=1S/C18H23N5O2/c1-4-23-12-20-16-15(13-6-8-14(25-3)9-7-13)21-18(22-17(16)23)19-10-5-11-24-2/h6-9,12H,4-5,10-11H2,1-3H3,(H,19,21,22). The number of nitrogens with one attached hydrogen (secondary N) is 1. The molecule has 3 rings (SSSR count). The number of hydrogen-bond acceptors (Lipinski definition) is 6. The molecule has 0 amide bonds. The summed E-state index contributed by atoms with van der Waals surface area (Å²) >= 11 is 0. The van der Waals surface area contributed by atoms with Gasteiger partial charge in [-0.2, -0.15) is 4.98 Å². The number of rotatable bonds is 8. The molecule has 0 radical (unpaired) electrons. The maximum atomic E-state index is 5.24. The predicted octanol–water partition coefficient (Wildman–Crippen LogP) is 2.97. The van der Waals surface area contributed by atoms with Crippen molar-refractivity contribution in [2.75, 3.05) is 32.7 Å². The summed E-state index contributed by atoms with van der Waals surface area (Å²) in [6, 6.07) is 7.82. The van der Waals surface area contributed by atoms with Gasteiger partial charge in [0.05, 0.1) is 13.4 Å². The van der Waals surface area contributed by atoms with E-state index in [-0.39, 0.29) is 0 Å². The third-order valence-corrected chi connectivity index (χ3v) is 3.98. The molecule has 0 unspecified atom stereocenters. The fourth-order valence-electron chi connectivity index (χ4n) is 2.62. The summed E-state index contributed by atoms with van der Waals surface area (Å²) in [4.78, 5) is 13.8. The molecule has 0 saturated carbocycles. The maximum absolute atomic E-state index is 5.24. The molecule has 2 heterocycles. The van der Waals surface area contributed by atoms with Crippen LogP contribution in [-0.4, -0.2) is 46.9 Å². The van der Waals surface area contributed by atoms with Crippen molar-refractivity contribution < 1.29 is 9.47 Å². The molecule has 2 aromatic heterocycles. The van der Waals surface area contributed by atoms with Gasteiger partial charge in [-0.25, -0.2) is 9.97 Å². The first kappa shape index (κ1) is 17.2. The number of nitrogens with zero attached hydrogens (tertiary/aromatic N) is 4. The van der Waals surface area contributed by atoms with Crippen molar-refractivity contribution in [3.63, 3.8) is 0 Å². The number of benzene rings is 1. The van der Waals surface area contributed by atoms with E-state index in [1.807, 2.05) is 28.8 Å². The summed E-state index contributed by atoms with van der Waals surface area (Å²) < 4.78 is 12.3. The van der Waals surface area contributed by atoms with Crippen molar-refractivity contribution in [3.05, 3.63) is 30.6 Å². The zero-order chi connectivity index (χ0) is 17.6. The Morgan fingerprint density at radius 3 is 2.60 bits per heavy atom. The molecule has 132 valence electrons. The van der Waals surface area contributed by atoms with Gasteiger partial charge in [-0.1, -0.05) is 0 Å². The highest BCUT2D eigenvalue weighted by molar-refractivity contribution is 5.88. The van der Waals surface area contributed by atoms with Gasteiger partial charge in [0.15, 0.2) is 5.65 Å². The highest BCUT2D eigenvalue weighted by atomic mass is 16.5. The Hall–Kier alpha value is -2.67. The van der Waals surface area contributed by atoms with E-state index >= 15 is 0 Å². The zero-order valence-electron chi connectivity index (χ0n) is 14.8. The number of methoxy groups -OCH3 is 2. The lowest BCUT2D eigenvalue weighted by atomic mass is 10.1. The third-order valence-electron chi connectivity index (χ3n) is 3.98. The van der Waals surface area contributed by atoms with Crippen LogP contribution in [0.15, 0.2) is 30.6 Å². The lowest BCUT2D eigenvalue weighted by Gasteiger charge is -2.09. The summed E-state index contributed by atoms with van der Waals surface area (Å²) in [6.07, 6.45) is 2.70. The molecule has 0 aliphatic carbocycles. The largest absolute Gasteiger partial charge is 0.497 e. The smallest absolute Gasteiger partial charge is 0.225 e. The second-order valence-electron chi connectivity index (χ2n) is 5.60. The van der Waals surface area contributed by atoms with Crippen LogP contribution in [-0.2, 0) is 11.3 Å².